The largest absolute Gasteiger partial charge is 0.340 e. The number of aromatic nitrogens is 1. The highest BCUT2D eigenvalue weighted by Crippen LogP contribution is 2.36. The first kappa shape index (κ1) is 26.8. The molecule has 1 aliphatic rings. The van der Waals surface area contributed by atoms with Crippen LogP contribution in [0.2, 0.25) is 5.02 Å². The summed E-state index contributed by atoms with van der Waals surface area (Å²) in [7, 11) is 0. The predicted molar refractivity (Wildman–Crippen MR) is 159 cm³/mol. The maximum atomic E-state index is 13.2. The summed E-state index contributed by atoms with van der Waals surface area (Å²) in [5.74, 6) is -0.522. The number of hydrogen-bond acceptors (Lipinski definition) is 4. The van der Waals surface area contributed by atoms with Crippen molar-refractivity contribution in [1.29, 1.82) is 0 Å². The summed E-state index contributed by atoms with van der Waals surface area (Å²) in [5.41, 5.74) is 5.58. The van der Waals surface area contributed by atoms with Gasteiger partial charge in [-0.1, -0.05) is 74.0 Å². The molecule has 1 N–H and O–H groups in total. The molecule has 1 saturated heterocycles. The van der Waals surface area contributed by atoms with E-state index in [1.165, 1.54) is 0 Å². The van der Waals surface area contributed by atoms with Gasteiger partial charge in [0.05, 0.1) is 4.91 Å². The molecular weight excluding hydrogens is 530 g/mol. The van der Waals surface area contributed by atoms with Crippen molar-refractivity contribution in [2.24, 2.45) is 0 Å². The molecule has 3 aromatic carbocycles. The second kappa shape index (κ2) is 11.1. The Morgan fingerprint density at radius 2 is 1.69 bits per heavy atom. The van der Waals surface area contributed by atoms with Crippen molar-refractivity contribution in [3.63, 3.8) is 0 Å². The predicted octanol–water partition coefficient (Wildman–Crippen LogP) is 7.45. The molecule has 1 aromatic heterocycles. The Balaban J connectivity index is 1.38. The first-order valence-electron chi connectivity index (χ1n) is 12.7. The molecule has 198 valence electrons. The van der Waals surface area contributed by atoms with Gasteiger partial charge in [0, 0.05) is 39.4 Å². The second-order valence-electron chi connectivity index (χ2n) is 9.79. The van der Waals surface area contributed by atoms with Gasteiger partial charge >= 0.3 is 0 Å². The number of hydrogen-bond donors (Lipinski definition) is 1. The monoisotopic (exact) mass is 557 g/mol. The third-order valence-corrected chi connectivity index (χ3v) is 8.15. The number of rotatable bonds is 7. The fourth-order valence-electron chi connectivity index (χ4n) is 4.70. The Hall–Kier alpha value is -3.81. The zero-order valence-electron chi connectivity index (χ0n) is 21.9. The van der Waals surface area contributed by atoms with Gasteiger partial charge in [-0.05, 0) is 66.1 Å². The Morgan fingerprint density at radius 1 is 1.00 bits per heavy atom. The molecule has 1 fully saturated rings. The van der Waals surface area contributed by atoms with Crippen molar-refractivity contribution in [2.45, 2.75) is 33.2 Å². The highest BCUT2D eigenvalue weighted by molar-refractivity contribution is 8.18. The first-order valence-corrected chi connectivity index (χ1v) is 13.9. The second-order valence-corrected chi connectivity index (χ2v) is 11.2. The van der Waals surface area contributed by atoms with E-state index < -0.39 is 17.1 Å². The maximum absolute atomic E-state index is 13.2. The maximum Gasteiger partial charge on any atom is 0.294 e. The van der Waals surface area contributed by atoms with E-state index in [-0.39, 0.29) is 11.4 Å². The van der Waals surface area contributed by atoms with Gasteiger partial charge in [0.15, 0.2) is 0 Å². The molecule has 5 rings (SSSR count). The van der Waals surface area contributed by atoms with Gasteiger partial charge in [0.1, 0.15) is 6.54 Å². The van der Waals surface area contributed by atoms with E-state index in [1.807, 2.05) is 79.7 Å². The molecule has 0 radical (unpaired) electrons. The Kier molecular flexibility index (Phi) is 7.64. The zero-order chi connectivity index (χ0) is 27.7. The molecule has 0 unspecified atom stereocenters. The number of imide groups is 1. The van der Waals surface area contributed by atoms with Gasteiger partial charge in [-0.25, -0.2) is 0 Å². The Bertz CT molecular complexity index is 1620. The van der Waals surface area contributed by atoms with Crippen molar-refractivity contribution in [3.05, 3.63) is 105 Å². The van der Waals surface area contributed by atoms with Crippen LogP contribution in [0.15, 0.2) is 77.7 Å². The average Bonchev–Trinajstić information content (AvgIpc) is 3.33. The molecule has 3 amide bonds. The van der Waals surface area contributed by atoms with Crippen molar-refractivity contribution < 1.29 is 14.4 Å². The number of fused-ring (bicyclic) bond motifs is 1. The molecule has 0 aliphatic carbocycles. The van der Waals surface area contributed by atoms with Crippen LogP contribution in [0.1, 0.15) is 42.1 Å². The van der Waals surface area contributed by atoms with Gasteiger partial charge in [0.2, 0.25) is 5.91 Å². The van der Waals surface area contributed by atoms with Crippen molar-refractivity contribution in [2.75, 3.05) is 11.9 Å². The number of amides is 3. The summed E-state index contributed by atoms with van der Waals surface area (Å²) in [6.07, 6.45) is 1.76. The Labute approximate surface area is 236 Å². The van der Waals surface area contributed by atoms with Gasteiger partial charge in [0.25, 0.3) is 11.1 Å². The molecule has 4 aromatic rings. The normalized spacial score (nSPS) is 14.7. The van der Waals surface area contributed by atoms with Crippen LogP contribution in [-0.2, 0) is 16.1 Å². The van der Waals surface area contributed by atoms with Crippen LogP contribution in [0.3, 0.4) is 0 Å². The first-order chi connectivity index (χ1) is 18.7. The number of anilines is 1. The van der Waals surface area contributed by atoms with Crippen molar-refractivity contribution in [1.82, 2.24) is 9.47 Å². The molecular formula is C31H28ClN3O3S. The van der Waals surface area contributed by atoms with Crippen LogP contribution in [-0.4, -0.2) is 33.1 Å². The van der Waals surface area contributed by atoms with E-state index >= 15 is 0 Å². The van der Waals surface area contributed by atoms with Gasteiger partial charge in [-0.15, -0.1) is 0 Å². The number of benzene rings is 3. The molecule has 0 saturated carbocycles. The highest BCUT2D eigenvalue weighted by atomic mass is 35.5. The number of carbonyl (C=O) groups is 3. The van der Waals surface area contributed by atoms with E-state index in [4.69, 9.17) is 11.6 Å². The lowest BCUT2D eigenvalue weighted by Gasteiger charge is -2.13. The lowest BCUT2D eigenvalue weighted by atomic mass is 10.0. The summed E-state index contributed by atoms with van der Waals surface area (Å²) in [4.78, 5) is 39.9. The van der Waals surface area contributed by atoms with E-state index in [1.54, 1.807) is 6.08 Å². The van der Waals surface area contributed by atoms with E-state index in [0.717, 1.165) is 49.9 Å². The van der Waals surface area contributed by atoms with Crippen LogP contribution in [0.25, 0.3) is 17.0 Å². The molecule has 1 aliphatic heterocycles. The third kappa shape index (κ3) is 5.51. The summed E-state index contributed by atoms with van der Waals surface area (Å²) < 4.78 is 2.16. The molecule has 6 nitrogen and oxygen atoms in total. The molecule has 0 bridgehead atoms. The SMILES string of the molecule is Cc1c(/C=C2\SC(=O)N(CC(=O)Nc3ccc(C(C)C)cc3)C2=O)c2ccccc2n1Cc1ccccc1Cl. The molecule has 0 atom stereocenters. The molecule has 2 heterocycles. The fourth-order valence-corrected chi connectivity index (χ4v) is 5.72. The third-order valence-electron chi connectivity index (χ3n) is 6.88. The number of halogens is 1. The standard InChI is InChI=1S/C31H28ClN3O3S/c1-19(2)21-12-14-23(15-13-21)33-29(36)18-35-30(37)28(39-31(35)38)16-25-20(3)34(27-11-7-5-9-24(25)27)17-22-8-4-6-10-26(22)32/h4-16,19H,17-18H2,1-3H3,(H,33,36)/b28-16-. The minimum absolute atomic E-state index is 0.290. The number of para-hydroxylation sites is 1. The lowest BCUT2D eigenvalue weighted by Crippen LogP contribution is -2.36. The number of nitrogens with one attached hydrogen (secondary N) is 1. The number of thioether (sulfide) groups is 1. The van der Waals surface area contributed by atoms with Crippen LogP contribution in [0, 0.1) is 6.92 Å². The number of carbonyl (C=O) groups excluding carboxylic acids is 3. The smallest absolute Gasteiger partial charge is 0.294 e. The molecule has 39 heavy (non-hydrogen) atoms. The van der Waals surface area contributed by atoms with E-state index in [2.05, 4.69) is 23.7 Å². The van der Waals surface area contributed by atoms with Crippen LogP contribution in [0.4, 0.5) is 10.5 Å². The van der Waals surface area contributed by atoms with Crippen molar-refractivity contribution in [3.8, 4) is 0 Å². The summed E-state index contributed by atoms with van der Waals surface area (Å²) in [6, 6.07) is 23.2. The van der Waals surface area contributed by atoms with Gasteiger partial charge in [-0.2, -0.15) is 0 Å². The van der Waals surface area contributed by atoms with Gasteiger partial charge < -0.3 is 9.88 Å². The van der Waals surface area contributed by atoms with Crippen LogP contribution in [0.5, 0.6) is 0 Å². The van der Waals surface area contributed by atoms with E-state index in [9.17, 15) is 14.4 Å². The average molecular weight is 558 g/mol. The minimum Gasteiger partial charge on any atom is -0.340 e. The summed E-state index contributed by atoms with van der Waals surface area (Å²) in [6.45, 7) is 6.41. The number of nitrogens with zero attached hydrogens (tertiary/aromatic N) is 2. The van der Waals surface area contributed by atoms with Crippen LogP contribution >= 0.6 is 23.4 Å². The lowest BCUT2D eigenvalue weighted by molar-refractivity contribution is -0.127. The van der Waals surface area contributed by atoms with E-state index in [0.29, 0.717) is 23.2 Å². The van der Waals surface area contributed by atoms with Gasteiger partial charge in [-0.3, -0.25) is 19.3 Å². The fraction of sp³-hybridized carbons (Fsp3) is 0.194. The zero-order valence-corrected chi connectivity index (χ0v) is 23.5. The summed E-state index contributed by atoms with van der Waals surface area (Å²) in [5, 5.41) is 3.97. The Morgan fingerprint density at radius 3 is 2.41 bits per heavy atom. The molecule has 8 heteroatoms. The van der Waals surface area contributed by atoms with Crippen molar-refractivity contribution >= 4 is 63.1 Å². The topological polar surface area (TPSA) is 71.4 Å². The summed E-state index contributed by atoms with van der Waals surface area (Å²) >= 11 is 7.29. The molecule has 0 spiro atoms. The van der Waals surface area contributed by atoms with Crippen LogP contribution < -0.4 is 5.32 Å². The highest BCUT2D eigenvalue weighted by Gasteiger charge is 2.36. The minimum atomic E-state index is -0.474. The quantitative estimate of drug-likeness (QED) is 0.239.